The van der Waals surface area contributed by atoms with Gasteiger partial charge in [-0.1, -0.05) is 141 Å². The van der Waals surface area contributed by atoms with E-state index in [1.165, 1.54) is 121 Å². The molecule has 0 spiro atoms. The molecule has 0 radical (unpaired) electrons. The number of esters is 2. The van der Waals surface area contributed by atoms with Gasteiger partial charge in [0, 0.05) is 38.8 Å². The maximum atomic E-state index is 12.7. The van der Waals surface area contributed by atoms with Gasteiger partial charge in [0.05, 0.1) is 0 Å². The summed E-state index contributed by atoms with van der Waals surface area (Å²) < 4.78 is 13.7. The molecule has 0 aliphatic rings. The van der Waals surface area contributed by atoms with E-state index in [2.05, 4.69) is 75.6 Å². The molecule has 1 heterocycles. The lowest BCUT2D eigenvalue weighted by Gasteiger charge is -2.17. The van der Waals surface area contributed by atoms with Crippen molar-refractivity contribution in [1.29, 1.82) is 0 Å². The third-order valence-corrected chi connectivity index (χ3v) is 10.2. The molecule has 5 heteroatoms. The monoisotopic (exact) mass is 725 g/mol. The second kappa shape index (κ2) is 34.3. The quantitative estimate of drug-likeness (QED) is 0.0303. The third-order valence-electron chi connectivity index (χ3n) is 10.2. The van der Waals surface area contributed by atoms with Gasteiger partial charge in [-0.2, -0.15) is 4.57 Å². The lowest BCUT2D eigenvalue weighted by atomic mass is 10.1. The first-order valence-corrected chi connectivity index (χ1v) is 22.0. The normalized spacial score (nSPS) is 12.2. The van der Waals surface area contributed by atoms with E-state index in [0.29, 0.717) is 12.8 Å². The first-order chi connectivity index (χ1) is 25.4. The Hall–Kier alpha value is -2.43. The fourth-order valence-electron chi connectivity index (χ4n) is 7.09. The van der Waals surface area contributed by atoms with Crippen LogP contribution in [0.1, 0.15) is 217 Å². The van der Waals surface area contributed by atoms with Crippen molar-refractivity contribution < 1.29 is 23.6 Å². The lowest BCUT2D eigenvalue weighted by Crippen LogP contribution is -2.50. The van der Waals surface area contributed by atoms with Gasteiger partial charge >= 0.3 is 11.9 Å². The van der Waals surface area contributed by atoms with Crippen molar-refractivity contribution in [3.63, 3.8) is 0 Å². The molecule has 52 heavy (non-hydrogen) atoms. The number of carbonyl (C=O) groups excluding carboxylic acids is 2. The van der Waals surface area contributed by atoms with Crippen LogP contribution < -0.4 is 4.57 Å². The molecule has 0 saturated carbocycles. The van der Waals surface area contributed by atoms with Crippen LogP contribution in [0.15, 0.2) is 36.4 Å². The molecule has 1 aromatic heterocycles. The largest absolute Gasteiger partial charge is 0.458 e. The molecular weight excluding hydrogens is 643 g/mol. The number of aryl methyl sites for hydroxylation is 3. The van der Waals surface area contributed by atoms with E-state index < -0.39 is 0 Å². The third kappa shape index (κ3) is 27.2. The summed E-state index contributed by atoms with van der Waals surface area (Å²) in [5, 5.41) is 0. The molecule has 0 aliphatic carbocycles. The topological polar surface area (TPSA) is 56.5 Å². The average molecular weight is 725 g/mol. The van der Waals surface area contributed by atoms with E-state index >= 15 is 0 Å². The summed E-state index contributed by atoms with van der Waals surface area (Å²) in [6.45, 7) is 11.2. The fourth-order valence-corrected chi connectivity index (χ4v) is 7.09. The maximum absolute atomic E-state index is 12.7. The predicted molar refractivity (Wildman–Crippen MR) is 221 cm³/mol. The van der Waals surface area contributed by atoms with Crippen molar-refractivity contribution in [1.82, 2.24) is 0 Å². The minimum atomic E-state index is -0.239. The Morgan fingerprint density at radius 2 is 0.808 bits per heavy atom. The highest BCUT2D eigenvalue weighted by Gasteiger charge is 2.27. The van der Waals surface area contributed by atoms with Gasteiger partial charge in [0.1, 0.15) is 0 Å². The predicted octanol–water partition coefficient (Wildman–Crippen LogP) is 13.6. The summed E-state index contributed by atoms with van der Waals surface area (Å²) in [7, 11) is 0. The van der Waals surface area contributed by atoms with Crippen molar-refractivity contribution in [3.05, 3.63) is 53.4 Å². The Labute approximate surface area is 321 Å². The number of carbonyl (C=O) groups is 2. The molecule has 0 bridgehead atoms. The SMILES string of the molecule is CCCCCCCCC=CCCCCCCCC(=O)OCC(COC(=O)CCCCCCCC=CCCCCCCCC)[n+]1c(C)cc(C)cc1C. The van der Waals surface area contributed by atoms with Crippen LogP contribution in [0.3, 0.4) is 0 Å². The second-order valence-corrected chi connectivity index (χ2v) is 15.4. The van der Waals surface area contributed by atoms with Crippen molar-refractivity contribution in [2.45, 2.75) is 220 Å². The summed E-state index contributed by atoms with van der Waals surface area (Å²) in [6.07, 6.45) is 42.4. The molecule has 0 aromatic carbocycles. The lowest BCUT2D eigenvalue weighted by molar-refractivity contribution is -0.736. The molecule has 298 valence electrons. The van der Waals surface area contributed by atoms with Gasteiger partial charge < -0.3 is 9.47 Å². The van der Waals surface area contributed by atoms with Crippen LogP contribution >= 0.6 is 0 Å². The fraction of sp³-hybridized carbons (Fsp3) is 0.766. The Bertz CT molecular complexity index is 998. The molecule has 0 unspecified atom stereocenters. The van der Waals surface area contributed by atoms with Crippen molar-refractivity contribution in [2.75, 3.05) is 13.2 Å². The number of hydrogen-bond acceptors (Lipinski definition) is 4. The molecule has 0 fully saturated rings. The highest BCUT2D eigenvalue weighted by Crippen LogP contribution is 2.14. The van der Waals surface area contributed by atoms with Gasteiger partial charge in [0.2, 0.25) is 6.04 Å². The Balaban J connectivity index is 2.27. The number of unbranched alkanes of at least 4 members (excludes halogenated alkanes) is 22. The smallest absolute Gasteiger partial charge is 0.306 e. The summed E-state index contributed by atoms with van der Waals surface area (Å²) in [4.78, 5) is 25.4. The number of allylic oxidation sites excluding steroid dienone is 4. The number of rotatable bonds is 35. The Morgan fingerprint density at radius 1 is 0.500 bits per heavy atom. The summed E-state index contributed by atoms with van der Waals surface area (Å²) in [5.41, 5.74) is 3.33. The molecule has 0 N–H and O–H groups in total. The van der Waals surface area contributed by atoms with E-state index in [1.54, 1.807) is 0 Å². The van der Waals surface area contributed by atoms with E-state index in [4.69, 9.17) is 9.47 Å². The molecule has 0 atom stereocenters. The zero-order valence-corrected chi connectivity index (χ0v) is 34.8. The van der Waals surface area contributed by atoms with Crippen LogP contribution in [0.5, 0.6) is 0 Å². The average Bonchev–Trinajstić information content (AvgIpc) is 3.12. The van der Waals surface area contributed by atoms with Gasteiger partial charge in [-0.15, -0.1) is 0 Å². The van der Waals surface area contributed by atoms with Crippen LogP contribution in [0.25, 0.3) is 0 Å². The van der Waals surface area contributed by atoms with Crippen molar-refractivity contribution in [2.24, 2.45) is 0 Å². The minimum absolute atomic E-state index is 0.162. The molecule has 0 saturated heterocycles. The summed E-state index contributed by atoms with van der Waals surface area (Å²) >= 11 is 0. The standard InChI is InChI=1S/C47H82NO4/c1-6-8-10-12-14-16-18-20-22-24-26-28-30-32-34-36-46(49)51-40-45(48-43(4)38-42(3)39-44(48)5)41-52-47(50)37-35-33-31-29-27-25-23-21-19-17-15-13-11-9-7-2/h20-23,38-39,45H,6-19,24-37,40-41H2,1-5H3/q+1. The van der Waals surface area contributed by atoms with Crippen LogP contribution in [0, 0.1) is 20.8 Å². The number of pyridine rings is 1. The zero-order chi connectivity index (χ0) is 37.9. The van der Waals surface area contributed by atoms with E-state index in [9.17, 15) is 9.59 Å². The Kier molecular flexibility index (Phi) is 31.4. The van der Waals surface area contributed by atoms with Crippen molar-refractivity contribution in [3.8, 4) is 0 Å². The Morgan fingerprint density at radius 3 is 1.15 bits per heavy atom. The highest BCUT2D eigenvalue weighted by atomic mass is 16.5. The highest BCUT2D eigenvalue weighted by molar-refractivity contribution is 5.69. The first-order valence-electron chi connectivity index (χ1n) is 22.0. The number of hydrogen-bond donors (Lipinski definition) is 0. The first kappa shape index (κ1) is 47.6. The molecule has 0 aliphatic heterocycles. The zero-order valence-electron chi connectivity index (χ0n) is 34.8. The van der Waals surface area contributed by atoms with Crippen LogP contribution in [-0.4, -0.2) is 25.2 Å². The van der Waals surface area contributed by atoms with Crippen molar-refractivity contribution >= 4 is 11.9 Å². The van der Waals surface area contributed by atoms with Crippen LogP contribution in [-0.2, 0) is 19.1 Å². The molecule has 0 amide bonds. The summed E-state index contributed by atoms with van der Waals surface area (Å²) in [6, 6.07) is 4.01. The minimum Gasteiger partial charge on any atom is -0.458 e. The summed E-state index contributed by atoms with van der Waals surface area (Å²) in [5.74, 6) is -0.324. The van der Waals surface area contributed by atoms with Gasteiger partial charge in [-0.3, -0.25) is 9.59 Å². The molecule has 1 aromatic rings. The van der Waals surface area contributed by atoms with E-state index in [1.807, 2.05) is 0 Å². The van der Waals surface area contributed by atoms with E-state index in [-0.39, 0.29) is 31.2 Å². The number of nitrogens with zero attached hydrogens (tertiary/aromatic N) is 1. The maximum Gasteiger partial charge on any atom is 0.306 e. The molecular formula is C47H82NO4+. The molecule has 5 nitrogen and oxygen atoms in total. The van der Waals surface area contributed by atoms with Gasteiger partial charge in [0.25, 0.3) is 0 Å². The van der Waals surface area contributed by atoms with Gasteiger partial charge in [-0.25, -0.2) is 0 Å². The van der Waals surface area contributed by atoms with Gasteiger partial charge in [-0.05, 0) is 76.7 Å². The number of ether oxygens (including phenoxy) is 2. The van der Waals surface area contributed by atoms with Crippen LogP contribution in [0.2, 0.25) is 0 Å². The van der Waals surface area contributed by atoms with Gasteiger partial charge in [0.15, 0.2) is 24.6 Å². The molecule has 1 rings (SSSR count). The number of aromatic nitrogens is 1. The second-order valence-electron chi connectivity index (χ2n) is 15.4. The van der Waals surface area contributed by atoms with E-state index in [0.717, 1.165) is 62.8 Å². The van der Waals surface area contributed by atoms with Crippen LogP contribution in [0.4, 0.5) is 0 Å².